The van der Waals surface area contributed by atoms with Gasteiger partial charge in [0.05, 0.1) is 11.3 Å². The summed E-state index contributed by atoms with van der Waals surface area (Å²) in [7, 11) is 0. The van der Waals surface area contributed by atoms with Crippen LogP contribution in [0, 0.1) is 0 Å². The van der Waals surface area contributed by atoms with Gasteiger partial charge < -0.3 is 15.7 Å². The van der Waals surface area contributed by atoms with Crippen molar-refractivity contribution in [3.63, 3.8) is 0 Å². The van der Waals surface area contributed by atoms with E-state index in [1.807, 2.05) is 30.3 Å². The molecule has 3 rings (SSSR count). The van der Waals surface area contributed by atoms with Gasteiger partial charge in [0.2, 0.25) is 0 Å². The van der Waals surface area contributed by atoms with Crippen LogP contribution in [0.2, 0.25) is 0 Å². The number of nitrogens with one attached hydrogen (secondary N) is 2. The van der Waals surface area contributed by atoms with Crippen LogP contribution in [0.5, 0.6) is 0 Å². The minimum Gasteiger partial charge on any atom is -0.478 e. The number of carboxylic acids is 1. The molecule has 0 radical (unpaired) electrons. The van der Waals surface area contributed by atoms with Crippen molar-refractivity contribution in [2.24, 2.45) is 0 Å². The Morgan fingerprint density at radius 3 is 1.82 bits per heavy atom. The summed E-state index contributed by atoms with van der Waals surface area (Å²) >= 11 is 0. The largest absolute Gasteiger partial charge is 0.478 e. The van der Waals surface area contributed by atoms with Crippen molar-refractivity contribution in [2.45, 2.75) is 46.1 Å². The summed E-state index contributed by atoms with van der Waals surface area (Å²) in [5.74, 6) is -0.946. The highest BCUT2D eigenvalue weighted by Gasteiger charge is 2.09. The standard InChI is InChI=1S/C28H35N3O2/c1-3-5-19-31(20-6-4-2)21-22-11-13-23(14-12-22)29-24-15-17-25(18-16-24)30-27-10-8-7-9-26(27)28(32)33/h7-18,29-30H,3-6,19-21H2,1-2H3,(H,32,33). The maximum atomic E-state index is 11.4. The average molecular weight is 446 g/mol. The van der Waals surface area contributed by atoms with E-state index in [1.165, 1.54) is 31.2 Å². The molecule has 0 heterocycles. The molecule has 0 saturated carbocycles. The van der Waals surface area contributed by atoms with Crippen LogP contribution in [0.4, 0.5) is 22.7 Å². The summed E-state index contributed by atoms with van der Waals surface area (Å²) in [5, 5.41) is 16.0. The normalized spacial score (nSPS) is 10.9. The van der Waals surface area contributed by atoms with E-state index in [0.717, 1.165) is 36.7 Å². The molecular formula is C28H35N3O2. The first-order valence-electron chi connectivity index (χ1n) is 11.9. The van der Waals surface area contributed by atoms with E-state index in [2.05, 4.69) is 53.6 Å². The van der Waals surface area contributed by atoms with Gasteiger partial charge in [0.15, 0.2) is 0 Å². The fourth-order valence-electron chi connectivity index (χ4n) is 3.72. The van der Waals surface area contributed by atoms with Gasteiger partial charge in [0, 0.05) is 23.6 Å². The number of anilines is 4. The number of para-hydroxylation sites is 1. The Kier molecular flexibility index (Phi) is 9.33. The summed E-state index contributed by atoms with van der Waals surface area (Å²) in [4.78, 5) is 14.0. The molecule has 0 bridgehead atoms. The van der Waals surface area contributed by atoms with E-state index < -0.39 is 5.97 Å². The molecule has 3 aromatic carbocycles. The maximum absolute atomic E-state index is 11.4. The van der Waals surface area contributed by atoms with Crippen LogP contribution in [0.1, 0.15) is 55.5 Å². The lowest BCUT2D eigenvalue weighted by atomic mass is 10.1. The number of aromatic carboxylic acids is 1. The molecule has 3 aromatic rings. The fraction of sp³-hybridized carbons (Fsp3) is 0.321. The Bertz CT molecular complexity index is 992. The Labute approximate surface area is 197 Å². The minimum absolute atomic E-state index is 0.253. The molecule has 5 heteroatoms. The number of unbranched alkanes of at least 4 members (excludes halogenated alkanes) is 2. The third kappa shape index (κ3) is 7.65. The molecular weight excluding hydrogens is 410 g/mol. The van der Waals surface area contributed by atoms with Crippen molar-refractivity contribution < 1.29 is 9.90 Å². The molecule has 3 N–H and O–H groups in total. The Hall–Kier alpha value is -3.31. The van der Waals surface area contributed by atoms with E-state index in [4.69, 9.17) is 0 Å². The van der Waals surface area contributed by atoms with Crippen molar-refractivity contribution in [3.05, 3.63) is 83.9 Å². The Balaban J connectivity index is 1.58. The van der Waals surface area contributed by atoms with E-state index in [0.29, 0.717) is 5.69 Å². The number of rotatable bonds is 13. The van der Waals surface area contributed by atoms with E-state index in [-0.39, 0.29) is 5.56 Å². The first kappa shape index (κ1) is 24.3. The molecule has 33 heavy (non-hydrogen) atoms. The third-order valence-electron chi connectivity index (χ3n) is 5.63. The molecule has 0 unspecified atom stereocenters. The van der Waals surface area contributed by atoms with Gasteiger partial charge in [-0.25, -0.2) is 4.79 Å². The van der Waals surface area contributed by atoms with Crippen LogP contribution in [0.25, 0.3) is 0 Å². The number of hydrogen-bond acceptors (Lipinski definition) is 4. The molecule has 0 aliphatic heterocycles. The number of benzene rings is 3. The highest BCUT2D eigenvalue weighted by atomic mass is 16.4. The minimum atomic E-state index is -0.946. The first-order valence-corrected chi connectivity index (χ1v) is 11.9. The average Bonchev–Trinajstić information content (AvgIpc) is 2.83. The van der Waals surface area contributed by atoms with Crippen LogP contribution < -0.4 is 10.6 Å². The van der Waals surface area contributed by atoms with E-state index in [9.17, 15) is 9.90 Å². The molecule has 0 saturated heterocycles. The van der Waals surface area contributed by atoms with Gasteiger partial charge in [0.1, 0.15) is 0 Å². The molecule has 0 fully saturated rings. The third-order valence-corrected chi connectivity index (χ3v) is 5.63. The molecule has 0 spiro atoms. The predicted molar refractivity (Wildman–Crippen MR) is 138 cm³/mol. The Morgan fingerprint density at radius 2 is 1.27 bits per heavy atom. The van der Waals surface area contributed by atoms with Crippen LogP contribution >= 0.6 is 0 Å². The highest BCUT2D eigenvalue weighted by molar-refractivity contribution is 5.95. The Morgan fingerprint density at radius 1 is 0.758 bits per heavy atom. The molecule has 174 valence electrons. The van der Waals surface area contributed by atoms with Crippen LogP contribution in [0.3, 0.4) is 0 Å². The maximum Gasteiger partial charge on any atom is 0.337 e. The molecule has 0 aliphatic carbocycles. The lowest BCUT2D eigenvalue weighted by Gasteiger charge is -2.22. The summed E-state index contributed by atoms with van der Waals surface area (Å²) in [6.45, 7) is 7.81. The molecule has 0 amide bonds. The lowest BCUT2D eigenvalue weighted by molar-refractivity contribution is 0.0698. The zero-order chi connectivity index (χ0) is 23.5. The highest BCUT2D eigenvalue weighted by Crippen LogP contribution is 2.24. The van der Waals surface area contributed by atoms with Gasteiger partial charge >= 0.3 is 5.97 Å². The quantitative estimate of drug-likeness (QED) is 0.258. The zero-order valence-corrected chi connectivity index (χ0v) is 19.7. The van der Waals surface area contributed by atoms with Gasteiger partial charge in [-0.1, -0.05) is 51.0 Å². The van der Waals surface area contributed by atoms with Crippen LogP contribution in [-0.4, -0.2) is 29.1 Å². The molecule has 5 nitrogen and oxygen atoms in total. The number of nitrogens with zero attached hydrogens (tertiary/aromatic N) is 1. The zero-order valence-electron chi connectivity index (χ0n) is 19.7. The first-order chi connectivity index (χ1) is 16.1. The van der Waals surface area contributed by atoms with Gasteiger partial charge in [-0.15, -0.1) is 0 Å². The van der Waals surface area contributed by atoms with Crippen molar-refractivity contribution in [3.8, 4) is 0 Å². The SMILES string of the molecule is CCCCN(CCCC)Cc1ccc(Nc2ccc(Nc3ccccc3C(=O)O)cc2)cc1. The van der Waals surface area contributed by atoms with Gasteiger partial charge in [-0.2, -0.15) is 0 Å². The van der Waals surface area contributed by atoms with Gasteiger partial charge in [0.25, 0.3) is 0 Å². The van der Waals surface area contributed by atoms with Gasteiger partial charge in [-0.05, 0) is 80.0 Å². The second-order valence-electron chi connectivity index (χ2n) is 8.36. The summed E-state index contributed by atoms with van der Waals surface area (Å²) in [5.41, 5.74) is 5.03. The lowest BCUT2D eigenvalue weighted by Crippen LogP contribution is -2.25. The summed E-state index contributed by atoms with van der Waals surface area (Å²) in [6, 6.07) is 23.4. The van der Waals surface area contributed by atoms with Crippen molar-refractivity contribution in [1.29, 1.82) is 0 Å². The topological polar surface area (TPSA) is 64.6 Å². The van der Waals surface area contributed by atoms with E-state index in [1.54, 1.807) is 18.2 Å². The predicted octanol–water partition coefficient (Wildman–Crippen LogP) is 7.27. The number of hydrogen-bond donors (Lipinski definition) is 3. The summed E-state index contributed by atoms with van der Waals surface area (Å²) < 4.78 is 0. The fourth-order valence-corrected chi connectivity index (χ4v) is 3.72. The van der Waals surface area contributed by atoms with Crippen LogP contribution in [-0.2, 0) is 6.54 Å². The molecule has 0 atom stereocenters. The second kappa shape index (κ2) is 12.7. The number of carboxylic acid groups (broad SMARTS) is 1. The van der Waals surface area contributed by atoms with Crippen LogP contribution in [0.15, 0.2) is 72.8 Å². The van der Waals surface area contributed by atoms with Crippen molar-refractivity contribution in [1.82, 2.24) is 4.90 Å². The van der Waals surface area contributed by atoms with Crippen molar-refractivity contribution >= 4 is 28.7 Å². The number of carbonyl (C=O) groups is 1. The smallest absolute Gasteiger partial charge is 0.337 e. The van der Waals surface area contributed by atoms with Crippen molar-refractivity contribution in [2.75, 3.05) is 23.7 Å². The van der Waals surface area contributed by atoms with E-state index >= 15 is 0 Å². The summed E-state index contributed by atoms with van der Waals surface area (Å²) in [6.07, 6.45) is 4.95. The molecule has 0 aromatic heterocycles. The second-order valence-corrected chi connectivity index (χ2v) is 8.36. The van der Waals surface area contributed by atoms with Gasteiger partial charge in [-0.3, -0.25) is 4.90 Å². The molecule has 0 aliphatic rings. The monoisotopic (exact) mass is 445 g/mol.